The van der Waals surface area contributed by atoms with E-state index >= 15 is 0 Å². The Labute approximate surface area is 204 Å². The minimum absolute atomic E-state index is 0.159. The standard InChI is InChI=1S/C25H44O9/c1-7-10-16-30-23(31-17-11-8-2)24(6,32-18-12-9-3)22(29)34-25(19-27,14-13-15-26)33-21(28)20(4)5/h15,19-20,23H,7-14,16-18H2,1-6H3. The average molecular weight is 489 g/mol. The zero-order chi connectivity index (χ0) is 26.0. The second-order valence-corrected chi connectivity index (χ2v) is 8.69. The van der Waals surface area contributed by atoms with Crippen LogP contribution in [0.5, 0.6) is 0 Å². The normalized spacial score (nSPS) is 14.9. The van der Waals surface area contributed by atoms with Gasteiger partial charge in [0, 0.05) is 32.7 Å². The maximum Gasteiger partial charge on any atom is 0.347 e. The first-order chi connectivity index (χ1) is 16.2. The van der Waals surface area contributed by atoms with Gasteiger partial charge in [-0.05, 0) is 26.2 Å². The van der Waals surface area contributed by atoms with Crippen molar-refractivity contribution in [2.75, 3.05) is 19.8 Å². The third-order valence-corrected chi connectivity index (χ3v) is 5.09. The Bertz CT molecular complexity index is 597. The number of hydrogen-bond donors (Lipinski definition) is 0. The van der Waals surface area contributed by atoms with Gasteiger partial charge in [-0.25, -0.2) is 4.79 Å². The van der Waals surface area contributed by atoms with E-state index in [1.807, 2.05) is 20.8 Å². The minimum atomic E-state index is -2.26. The van der Waals surface area contributed by atoms with Gasteiger partial charge in [-0.3, -0.25) is 9.59 Å². The Morgan fingerprint density at radius 1 is 0.853 bits per heavy atom. The lowest BCUT2D eigenvalue weighted by Gasteiger charge is -2.37. The van der Waals surface area contributed by atoms with Crippen LogP contribution in [0.25, 0.3) is 0 Å². The van der Waals surface area contributed by atoms with Crippen LogP contribution in [0.15, 0.2) is 0 Å². The molecular formula is C25H44O9. The van der Waals surface area contributed by atoms with Crippen molar-refractivity contribution in [3.05, 3.63) is 0 Å². The van der Waals surface area contributed by atoms with Gasteiger partial charge in [-0.2, -0.15) is 0 Å². The van der Waals surface area contributed by atoms with Crippen molar-refractivity contribution in [2.45, 2.75) is 111 Å². The van der Waals surface area contributed by atoms with Crippen molar-refractivity contribution in [3.8, 4) is 0 Å². The zero-order valence-electron chi connectivity index (χ0n) is 21.8. The lowest BCUT2D eigenvalue weighted by molar-refractivity contribution is -0.272. The van der Waals surface area contributed by atoms with Crippen LogP contribution in [-0.2, 0) is 42.9 Å². The molecule has 0 saturated heterocycles. The van der Waals surface area contributed by atoms with E-state index in [4.69, 9.17) is 23.7 Å². The number of carbonyl (C=O) groups is 4. The van der Waals surface area contributed by atoms with Crippen LogP contribution in [0.2, 0.25) is 0 Å². The Hall–Kier alpha value is -1.84. The summed E-state index contributed by atoms with van der Waals surface area (Å²) in [6, 6.07) is 0. The Morgan fingerprint density at radius 2 is 1.38 bits per heavy atom. The first kappa shape index (κ1) is 32.2. The molecule has 9 nitrogen and oxygen atoms in total. The van der Waals surface area contributed by atoms with Crippen molar-refractivity contribution in [1.82, 2.24) is 0 Å². The molecule has 0 aliphatic carbocycles. The van der Waals surface area contributed by atoms with Crippen LogP contribution >= 0.6 is 0 Å². The molecule has 0 radical (unpaired) electrons. The van der Waals surface area contributed by atoms with Crippen molar-refractivity contribution in [2.24, 2.45) is 5.92 Å². The fourth-order valence-electron chi connectivity index (χ4n) is 2.72. The van der Waals surface area contributed by atoms with E-state index in [-0.39, 0.29) is 25.7 Å². The topological polar surface area (TPSA) is 114 Å². The first-order valence-corrected chi connectivity index (χ1v) is 12.4. The highest BCUT2D eigenvalue weighted by Gasteiger charge is 2.51. The number of unbranched alkanes of at least 4 members (excludes halogenated alkanes) is 3. The van der Waals surface area contributed by atoms with E-state index in [1.54, 1.807) is 13.8 Å². The van der Waals surface area contributed by atoms with Gasteiger partial charge in [-0.1, -0.05) is 53.9 Å². The Morgan fingerprint density at radius 3 is 1.82 bits per heavy atom. The molecule has 0 amide bonds. The SMILES string of the molecule is CCCCOC(OCCCC)C(C)(OCCCC)C(=O)OC(C=O)(CCC=O)OC(=O)C(C)C. The largest absolute Gasteiger partial charge is 0.415 e. The predicted octanol–water partition coefficient (Wildman–Crippen LogP) is 4.14. The number of ether oxygens (including phenoxy) is 5. The Kier molecular flexibility index (Phi) is 16.6. The molecule has 0 spiro atoms. The number of esters is 2. The smallest absolute Gasteiger partial charge is 0.347 e. The van der Waals surface area contributed by atoms with Crippen molar-refractivity contribution in [1.29, 1.82) is 0 Å². The summed E-state index contributed by atoms with van der Waals surface area (Å²) >= 11 is 0. The lowest BCUT2D eigenvalue weighted by Crippen LogP contribution is -2.56. The highest BCUT2D eigenvalue weighted by atomic mass is 16.8. The van der Waals surface area contributed by atoms with Gasteiger partial charge in [-0.15, -0.1) is 0 Å². The van der Waals surface area contributed by atoms with Gasteiger partial charge in [0.15, 0.2) is 6.29 Å². The molecule has 198 valence electrons. The third kappa shape index (κ3) is 11.1. The molecule has 0 aromatic carbocycles. The van der Waals surface area contributed by atoms with E-state index < -0.39 is 35.5 Å². The second kappa shape index (κ2) is 17.6. The van der Waals surface area contributed by atoms with Gasteiger partial charge >= 0.3 is 17.7 Å². The number of rotatable bonds is 21. The molecule has 0 heterocycles. The summed E-state index contributed by atoms with van der Waals surface area (Å²) in [6.07, 6.45) is 3.96. The lowest BCUT2D eigenvalue weighted by atomic mass is 10.0. The van der Waals surface area contributed by atoms with Crippen LogP contribution in [-0.4, -0.2) is 62.0 Å². The van der Waals surface area contributed by atoms with Crippen LogP contribution in [0.1, 0.15) is 92.9 Å². The number of carbonyl (C=O) groups excluding carboxylic acids is 4. The predicted molar refractivity (Wildman–Crippen MR) is 126 cm³/mol. The van der Waals surface area contributed by atoms with Crippen LogP contribution < -0.4 is 0 Å². The summed E-state index contributed by atoms with van der Waals surface area (Å²) in [5, 5.41) is 0. The second-order valence-electron chi connectivity index (χ2n) is 8.69. The maximum atomic E-state index is 13.5. The van der Waals surface area contributed by atoms with Crippen molar-refractivity contribution < 1.29 is 42.9 Å². The molecule has 9 heteroatoms. The average Bonchev–Trinajstić information content (AvgIpc) is 2.81. The third-order valence-electron chi connectivity index (χ3n) is 5.09. The van der Waals surface area contributed by atoms with Crippen molar-refractivity contribution >= 4 is 24.5 Å². The fourth-order valence-corrected chi connectivity index (χ4v) is 2.72. The zero-order valence-corrected chi connectivity index (χ0v) is 21.8. The van der Waals surface area contributed by atoms with Gasteiger partial charge in [0.05, 0.1) is 5.92 Å². The summed E-state index contributed by atoms with van der Waals surface area (Å²) in [6.45, 7) is 11.5. The molecule has 34 heavy (non-hydrogen) atoms. The summed E-state index contributed by atoms with van der Waals surface area (Å²) < 4.78 is 28.5. The van der Waals surface area contributed by atoms with Crippen LogP contribution in [0.3, 0.4) is 0 Å². The van der Waals surface area contributed by atoms with Gasteiger partial charge in [0.25, 0.3) is 0 Å². The number of hydrogen-bond acceptors (Lipinski definition) is 9. The molecule has 0 aliphatic heterocycles. The highest BCUT2D eigenvalue weighted by Crippen LogP contribution is 2.29. The van der Waals surface area contributed by atoms with E-state index in [0.717, 1.165) is 32.1 Å². The summed E-state index contributed by atoms with van der Waals surface area (Å²) in [5.41, 5.74) is -1.74. The summed E-state index contributed by atoms with van der Waals surface area (Å²) in [5.74, 6) is -4.55. The summed E-state index contributed by atoms with van der Waals surface area (Å²) in [4.78, 5) is 48.8. The molecule has 2 atom stereocenters. The molecule has 0 aromatic rings. The van der Waals surface area contributed by atoms with E-state index in [2.05, 4.69) is 0 Å². The van der Waals surface area contributed by atoms with Crippen LogP contribution in [0, 0.1) is 5.92 Å². The fraction of sp³-hybridized carbons (Fsp3) is 0.840. The van der Waals surface area contributed by atoms with Crippen molar-refractivity contribution in [3.63, 3.8) is 0 Å². The van der Waals surface area contributed by atoms with E-state index in [1.165, 1.54) is 6.92 Å². The van der Waals surface area contributed by atoms with Crippen LogP contribution in [0.4, 0.5) is 0 Å². The molecule has 0 saturated carbocycles. The first-order valence-electron chi connectivity index (χ1n) is 12.4. The van der Waals surface area contributed by atoms with E-state index in [9.17, 15) is 19.2 Å². The molecule has 0 bridgehead atoms. The molecule has 0 aliphatic rings. The molecule has 0 N–H and O–H groups in total. The quantitative estimate of drug-likeness (QED) is 0.102. The van der Waals surface area contributed by atoms with Gasteiger partial charge < -0.3 is 28.5 Å². The van der Waals surface area contributed by atoms with Gasteiger partial charge in [0.2, 0.25) is 11.9 Å². The molecule has 2 unspecified atom stereocenters. The highest BCUT2D eigenvalue weighted by molar-refractivity contribution is 5.83. The number of aldehydes is 2. The summed E-state index contributed by atoms with van der Waals surface area (Å²) in [7, 11) is 0. The maximum absolute atomic E-state index is 13.5. The molecule has 0 aromatic heterocycles. The minimum Gasteiger partial charge on any atom is -0.415 e. The monoisotopic (exact) mass is 488 g/mol. The molecular weight excluding hydrogens is 444 g/mol. The molecule has 0 rings (SSSR count). The van der Waals surface area contributed by atoms with E-state index in [0.29, 0.717) is 25.9 Å². The van der Waals surface area contributed by atoms with Gasteiger partial charge in [0.1, 0.15) is 6.29 Å². The molecule has 0 fully saturated rings. The Balaban J connectivity index is 6.07.